The second-order valence-corrected chi connectivity index (χ2v) is 9.44. The normalized spacial score (nSPS) is 12.3. The highest BCUT2D eigenvalue weighted by Gasteiger charge is 2.36. The fourth-order valence-corrected chi connectivity index (χ4v) is 4.64. The van der Waals surface area contributed by atoms with Gasteiger partial charge in [0.2, 0.25) is 0 Å². The molecule has 212 valence electrons. The van der Waals surface area contributed by atoms with E-state index in [4.69, 9.17) is 0 Å². The summed E-state index contributed by atoms with van der Waals surface area (Å²) in [6.45, 7) is 4.05. The average molecular weight is 572 g/mol. The Balaban J connectivity index is 1.73. The molecule has 0 radical (unpaired) electrons. The Morgan fingerprint density at radius 2 is 1.76 bits per heavy atom. The lowest BCUT2D eigenvalue weighted by atomic mass is 9.86. The zero-order valence-corrected chi connectivity index (χ0v) is 21.7. The fourth-order valence-electron chi connectivity index (χ4n) is 4.64. The van der Waals surface area contributed by atoms with Gasteiger partial charge in [-0.05, 0) is 54.8 Å². The van der Waals surface area contributed by atoms with Gasteiger partial charge in [-0.15, -0.1) is 0 Å². The highest BCUT2D eigenvalue weighted by Crippen LogP contribution is 2.34. The lowest BCUT2D eigenvalue weighted by molar-refractivity contribution is -0.141. The molecule has 5 nitrogen and oxygen atoms in total. The van der Waals surface area contributed by atoms with E-state index in [0.29, 0.717) is 22.9 Å². The molecule has 4 rings (SSSR count). The van der Waals surface area contributed by atoms with Crippen LogP contribution in [0.3, 0.4) is 0 Å². The Morgan fingerprint density at radius 3 is 2.37 bits per heavy atom. The molecule has 0 fully saturated rings. The number of halogens is 6. The van der Waals surface area contributed by atoms with Gasteiger partial charge < -0.3 is 0 Å². The highest BCUT2D eigenvalue weighted by molar-refractivity contribution is 5.95. The fraction of sp³-hybridized carbons (Fsp3) is 0.200. The van der Waals surface area contributed by atoms with Gasteiger partial charge in [0.15, 0.2) is 17.3 Å². The predicted molar refractivity (Wildman–Crippen MR) is 139 cm³/mol. The van der Waals surface area contributed by atoms with Crippen molar-refractivity contribution in [1.29, 1.82) is 0 Å². The minimum Gasteiger partial charge on any atom is -0.298 e. The second-order valence-electron chi connectivity index (χ2n) is 9.44. The molecule has 0 aliphatic carbocycles. The lowest BCUT2D eigenvalue weighted by Gasteiger charge is -2.20. The molecule has 0 aliphatic rings. The van der Waals surface area contributed by atoms with Crippen LogP contribution < -0.4 is 0 Å². The van der Waals surface area contributed by atoms with Crippen molar-refractivity contribution in [3.8, 4) is 11.1 Å². The molecular weight excluding hydrogens is 548 g/mol. The Labute approximate surface area is 231 Å². The molecule has 0 saturated heterocycles. The van der Waals surface area contributed by atoms with E-state index < -0.39 is 53.4 Å². The van der Waals surface area contributed by atoms with E-state index in [2.05, 4.69) is 16.7 Å². The van der Waals surface area contributed by atoms with Gasteiger partial charge in [0.05, 0.1) is 17.8 Å². The predicted octanol–water partition coefficient (Wildman–Crippen LogP) is 7.21. The third-order valence-electron chi connectivity index (χ3n) is 6.38. The van der Waals surface area contributed by atoms with E-state index in [1.54, 1.807) is 12.1 Å². The molecule has 0 bridgehead atoms. The Kier molecular flexibility index (Phi) is 8.55. The van der Waals surface area contributed by atoms with Crippen LogP contribution in [0.15, 0.2) is 67.5 Å². The zero-order chi connectivity index (χ0) is 29.9. The minimum atomic E-state index is -4.75. The summed E-state index contributed by atoms with van der Waals surface area (Å²) in [7, 11) is 0. The number of alkyl halides is 3. The van der Waals surface area contributed by atoms with Crippen LogP contribution in [0.2, 0.25) is 0 Å². The number of ketones is 2. The van der Waals surface area contributed by atoms with Crippen molar-refractivity contribution in [2.75, 3.05) is 0 Å². The molecular formula is C30H23F6N3O2. The maximum Gasteiger partial charge on any atom is 0.435 e. The van der Waals surface area contributed by atoms with Crippen LogP contribution in [0.5, 0.6) is 0 Å². The summed E-state index contributed by atoms with van der Waals surface area (Å²) in [4.78, 5) is 29.5. The average Bonchev–Trinajstić information content (AvgIpc) is 3.31. The van der Waals surface area contributed by atoms with Crippen molar-refractivity contribution in [3.05, 3.63) is 113 Å². The van der Waals surface area contributed by atoms with Crippen molar-refractivity contribution in [2.45, 2.75) is 38.4 Å². The van der Waals surface area contributed by atoms with Crippen molar-refractivity contribution >= 4 is 17.6 Å². The van der Waals surface area contributed by atoms with Crippen molar-refractivity contribution in [2.24, 2.45) is 0 Å². The molecule has 41 heavy (non-hydrogen) atoms. The summed E-state index contributed by atoms with van der Waals surface area (Å²) in [6, 6.07) is 10.0. The number of Topliss-reactive ketones (excluding diaryl/α,β-unsaturated/α-hetero) is 2. The molecule has 1 atom stereocenters. The standard InChI is InChI=1S/C30H23F6N3O2/c1-3-19-15-39(38-29(19)30(34,35)36)16-24(41)12-21(9-18-10-22(31)14-23(32)11-18)28-25(5-4-8-37-28)20-6-7-27(33)26(13-20)17(2)40/h3-8,10-11,13-15,21H,1,9,12,16H2,2H3/t21-/m1/s1. The summed E-state index contributed by atoms with van der Waals surface area (Å²) in [6.07, 6.45) is -1.62. The monoisotopic (exact) mass is 571 g/mol. The van der Waals surface area contributed by atoms with Gasteiger partial charge in [-0.3, -0.25) is 19.3 Å². The summed E-state index contributed by atoms with van der Waals surface area (Å²) in [5.74, 6) is -4.22. The third kappa shape index (κ3) is 6.97. The number of carbonyl (C=O) groups excluding carboxylic acids is 2. The minimum absolute atomic E-state index is 0.0595. The number of hydrogen-bond acceptors (Lipinski definition) is 4. The van der Waals surface area contributed by atoms with Crippen LogP contribution >= 0.6 is 0 Å². The Morgan fingerprint density at radius 1 is 1.05 bits per heavy atom. The first-order chi connectivity index (χ1) is 19.3. The van der Waals surface area contributed by atoms with Gasteiger partial charge in [0, 0.05) is 41.9 Å². The smallest absolute Gasteiger partial charge is 0.298 e. The summed E-state index contributed by atoms with van der Waals surface area (Å²) < 4.78 is 83.0. The number of aromatic nitrogens is 3. The van der Waals surface area contributed by atoms with E-state index >= 15 is 0 Å². The number of nitrogens with zero attached hydrogens (tertiary/aromatic N) is 3. The van der Waals surface area contributed by atoms with E-state index in [0.717, 1.165) is 35.2 Å². The first-order valence-corrected chi connectivity index (χ1v) is 12.3. The second kappa shape index (κ2) is 11.9. The number of hydrogen-bond donors (Lipinski definition) is 0. The molecule has 0 aliphatic heterocycles. The van der Waals surface area contributed by atoms with Crippen molar-refractivity contribution in [3.63, 3.8) is 0 Å². The largest absolute Gasteiger partial charge is 0.435 e. The quantitative estimate of drug-likeness (QED) is 0.149. The number of rotatable bonds is 10. The van der Waals surface area contributed by atoms with Crippen molar-refractivity contribution in [1.82, 2.24) is 14.8 Å². The lowest BCUT2D eigenvalue weighted by Crippen LogP contribution is -2.18. The number of pyridine rings is 1. The maximum atomic E-state index is 14.2. The molecule has 4 aromatic rings. The van der Waals surface area contributed by atoms with Crippen LogP contribution in [0.25, 0.3) is 17.2 Å². The van der Waals surface area contributed by atoms with Gasteiger partial charge in [-0.2, -0.15) is 18.3 Å². The Hall–Kier alpha value is -4.54. The first-order valence-electron chi connectivity index (χ1n) is 12.3. The van der Waals surface area contributed by atoms with E-state index in [9.17, 15) is 35.9 Å². The van der Waals surface area contributed by atoms with Gasteiger partial charge >= 0.3 is 6.18 Å². The van der Waals surface area contributed by atoms with Crippen LogP contribution in [0.1, 0.15) is 52.1 Å². The van der Waals surface area contributed by atoms with Gasteiger partial charge in [-0.1, -0.05) is 24.8 Å². The summed E-state index contributed by atoms with van der Waals surface area (Å²) in [5.41, 5.74) is -0.243. The summed E-state index contributed by atoms with van der Waals surface area (Å²) in [5, 5.41) is 3.50. The topological polar surface area (TPSA) is 64.8 Å². The summed E-state index contributed by atoms with van der Waals surface area (Å²) >= 11 is 0. The molecule has 11 heteroatoms. The third-order valence-corrected chi connectivity index (χ3v) is 6.38. The molecule has 2 aromatic carbocycles. The molecule has 0 saturated carbocycles. The molecule has 2 heterocycles. The molecule has 0 N–H and O–H groups in total. The first kappa shape index (κ1) is 29.4. The van der Waals surface area contributed by atoms with Gasteiger partial charge in [0.1, 0.15) is 17.5 Å². The van der Waals surface area contributed by atoms with Gasteiger partial charge in [-0.25, -0.2) is 13.2 Å². The van der Waals surface area contributed by atoms with Gasteiger partial charge in [0.25, 0.3) is 0 Å². The molecule has 0 unspecified atom stereocenters. The molecule has 0 spiro atoms. The van der Waals surface area contributed by atoms with E-state index in [-0.39, 0.29) is 29.5 Å². The number of carbonyl (C=O) groups is 2. The van der Waals surface area contributed by atoms with Crippen LogP contribution in [0.4, 0.5) is 26.3 Å². The van der Waals surface area contributed by atoms with E-state index in [1.165, 1.54) is 25.3 Å². The molecule has 0 amide bonds. The highest BCUT2D eigenvalue weighted by atomic mass is 19.4. The van der Waals surface area contributed by atoms with Crippen LogP contribution in [-0.4, -0.2) is 26.3 Å². The zero-order valence-electron chi connectivity index (χ0n) is 21.7. The number of benzene rings is 2. The van der Waals surface area contributed by atoms with E-state index in [1.807, 2.05) is 0 Å². The van der Waals surface area contributed by atoms with Crippen LogP contribution in [-0.2, 0) is 23.9 Å². The Bertz CT molecular complexity index is 1610. The van der Waals surface area contributed by atoms with Crippen LogP contribution in [0, 0.1) is 17.5 Å². The molecule has 2 aromatic heterocycles. The maximum absolute atomic E-state index is 14.2. The van der Waals surface area contributed by atoms with Crippen molar-refractivity contribution < 1.29 is 35.9 Å². The SMILES string of the molecule is C=Cc1cn(CC(=O)C[C@@H](Cc2cc(F)cc(F)c2)c2ncccc2-c2ccc(F)c(C(C)=O)c2)nc1C(F)(F)F.